The Morgan fingerprint density at radius 3 is 2.34 bits per heavy atom. The number of likely N-dealkylation sites (N-methyl/N-ethyl adjacent to an activating group) is 1. The molecule has 1 atom stereocenters. The molecule has 2 aromatic carbocycles. The third-order valence-electron chi connectivity index (χ3n) is 4.65. The molecule has 0 unspecified atom stereocenters. The lowest BCUT2D eigenvalue weighted by Crippen LogP contribution is -2.48. The number of amides is 2. The fourth-order valence-corrected chi connectivity index (χ4v) is 3.30. The maximum absolute atomic E-state index is 13.2. The van der Waals surface area contributed by atoms with Crippen LogP contribution in [0.15, 0.2) is 46.9 Å². The molecule has 0 aromatic heterocycles. The normalized spacial score (nSPS) is 11.8. The molecule has 156 valence electrons. The first kappa shape index (κ1) is 22.9. The number of halogens is 2. The van der Waals surface area contributed by atoms with E-state index < -0.39 is 6.04 Å². The molecule has 0 aliphatic rings. The van der Waals surface area contributed by atoms with Gasteiger partial charge < -0.3 is 15.0 Å². The van der Waals surface area contributed by atoms with E-state index in [1.54, 1.807) is 19.1 Å². The first-order valence-electron chi connectivity index (χ1n) is 9.40. The average Bonchev–Trinajstić information content (AvgIpc) is 2.70. The number of ether oxygens (including phenoxy) is 1. The van der Waals surface area contributed by atoms with E-state index >= 15 is 0 Å². The van der Waals surface area contributed by atoms with Gasteiger partial charge >= 0.3 is 0 Å². The van der Waals surface area contributed by atoms with Gasteiger partial charge in [-0.2, -0.15) is 0 Å². The smallest absolute Gasteiger partial charge is 0.261 e. The predicted molar refractivity (Wildman–Crippen MR) is 114 cm³/mol. The van der Waals surface area contributed by atoms with E-state index in [4.69, 9.17) is 4.74 Å². The van der Waals surface area contributed by atoms with E-state index in [1.807, 2.05) is 18.2 Å². The average molecular weight is 465 g/mol. The van der Waals surface area contributed by atoms with Crippen LogP contribution in [0.4, 0.5) is 4.39 Å². The molecule has 0 aliphatic carbocycles. The van der Waals surface area contributed by atoms with Gasteiger partial charge in [-0.1, -0.05) is 32.0 Å². The molecule has 0 radical (unpaired) electrons. The molecular weight excluding hydrogens is 439 g/mol. The summed E-state index contributed by atoms with van der Waals surface area (Å²) in [5, 5.41) is 2.55. The molecular formula is C22H26BrFN2O3. The molecule has 0 fully saturated rings. The molecule has 2 aromatic rings. The van der Waals surface area contributed by atoms with Crippen molar-refractivity contribution in [2.75, 3.05) is 13.7 Å². The molecule has 1 N–H and O–H groups in total. The van der Waals surface area contributed by atoms with Crippen molar-refractivity contribution >= 4 is 27.7 Å². The van der Waals surface area contributed by atoms with E-state index in [0.717, 1.165) is 15.6 Å². The Hall–Kier alpha value is -2.41. The van der Waals surface area contributed by atoms with Crippen molar-refractivity contribution in [1.29, 1.82) is 0 Å². The van der Waals surface area contributed by atoms with Crippen molar-refractivity contribution in [1.82, 2.24) is 10.2 Å². The fraction of sp³-hybridized carbons (Fsp3) is 0.364. The van der Waals surface area contributed by atoms with Gasteiger partial charge in [0, 0.05) is 13.6 Å². The Bertz CT molecular complexity index is 856. The first-order chi connectivity index (χ1) is 13.7. The van der Waals surface area contributed by atoms with Gasteiger partial charge in [-0.3, -0.25) is 9.59 Å². The van der Waals surface area contributed by atoms with Crippen molar-refractivity contribution in [3.8, 4) is 5.75 Å². The Balaban J connectivity index is 2.14. The van der Waals surface area contributed by atoms with Gasteiger partial charge in [0.25, 0.3) is 5.91 Å². The van der Waals surface area contributed by atoms with E-state index in [0.29, 0.717) is 11.7 Å². The summed E-state index contributed by atoms with van der Waals surface area (Å²) in [6.07, 6.45) is 0. The SMILES string of the molecule is CNC(=O)[C@H](C)N(Cc1ccc(F)cc1)C(=O)COc1ccc(C(C)C)cc1Br. The molecule has 0 heterocycles. The molecule has 0 aliphatic heterocycles. The van der Waals surface area contributed by atoms with E-state index in [9.17, 15) is 14.0 Å². The first-order valence-corrected chi connectivity index (χ1v) is 10.2. The second-order valence-electron chi connectivity index (χ2n) is 7.07. The highest BCUT2D eigenvalue weighted by molar-refractivity contribution is 9.10. The minimum Gasteiger partial charge on any atom is -0.483 e. The minimum atomic E-state index is -0.701. The van der Waals surface area contributed by atoms with Crippen LogP contribution in [0.1, 0.15) is 37.8 Å². The van der Waals surface area contributed by atoms with Gasteiger partial charge in [0.05, 0.1) is 4.47 Å². The molecule has 0 saturated carbocycles. The zero-order valence-electron chi connectivity index (χ0n) is 17.0. The number of benzene rings is 2. The van der Waals surface area contributed by atoms with Crippen molar-refractivity contribution in [2.24, 2.45) is 0 Å². The third kappa shape index (κ3) is 6.29. The molecule has 2 amide bonds. The van der Waals surface area contributed by atoms with Crippen LogP contribution in [0.5, 0.6) is 5.75 Å². The maximum Gasteiger partial charge on any atom is 0.261 e. The number of nitrogens with zero attached hydrogens (tertiary/aromatic N) is 1. The Morgan fingerprint density at radius 1 is 1.14 bits per heavy atom. The van der Waals surface area contributed by atoms with Crippen LogP contribution in [0, 0.1) is 5.82 Å². The standard InChI is InChI=1S/C22H26BrFN2O3/c1-14(2)17-7-10-20(19(23)11-17)29-13-21(27)26(15(3)22(28)25-4)12-16-5-8-18(24)9-6-16/h5-11,14-15H,12-13H2,1-4H3,(H,25,28)/t15-/m0/s1. The number of hydrogen-bond donors (Lipinski definition) is 1. The van der Waals surface area contributed by atoms with Crippen LogP contribution in [-0.2, 0) is 16.1 Å². The van der Waals surface area contributed by atoms with Crippen LogP contribution >= 0.6 is 15.9 Å². The molecule has 7 heteroatoms. The van der Waals surface area contributed by atoms with Gasteiger partial charge in [0.1, 0.15) is 17.6 Å². The number of nitrogens with one attached hydrogen (secondary N) is 1. The summed E-state index contributed by atoms with van der Waals surface area (Å²) in [4.78, 5) is 26.4. The maximum atomic E-state index is 13.2. The van der Waals surface area contributed by atoms with Gasteiger partial charge in [-0.25, -0.2) is 4.39 Å². The van der Waals surface area contributed by atoms with Crippen molar-refractivity contribution in [3.05, 3.63) is 63.9 Å². The molecule has 0 saturated heterocycles. The predicted octanol–water partition coefficient (Wildman–Crippen LogP) is 4.25. The largest absolute Gasteiger partial charge is 0.483 e. The summed E-state index contributed by atoms with van der Waals surface area (Å²) in [5.74, 6) is -0.0594. The Kier molecular flexibility index (Phi) is 8.20. The highest BCUT2D eigenvalue weighted by Crippen LogP contribution is 2.29. The minimum absolute atomic E-state index is 0.171. The van der Waals surface area contributed by atoms with Crippen molar-refractivity contribution < 1.29 is 18.7 Å². The summed E-state index contributed by atoms with van der Waals surface area (Å²) in [6, 6.07) is 10.9. The number of rotatable bonds is 8. The van der Waals surface area contributed by atoms with Crippen molar-refractivity contribution in [2.45, 2.75) is 39.3 Å². The van der Waals surface area contributed by atoms with Crippen LogP contribution < -0.4 is 10.1 Å². The van der Waals surface area contributed by atoms with Crippen LogP contribution in [0.3, 0.4) is 0 Å². The lowest BCUT2D eigenvalue weighted by molar-refractivity contribution is -0.142. The summed E-state index contributed by atoms with van der Waals surface area (Å²) in [7, 11) is 1.52. The Morgan fingerprint density at radius 2 is 1.79 bits per heavy atom. The van der Waals surface area contributed by atoms with Crippen LogP contribution in [0.25, 0.3) is 0 Å². The monoisotopic (exact) mass is 464 g/mol. The number of carbonyl (C=O) groups excluding carboxylic acids is 2. The summed E-state index contributed by atoms with van der Waals surface area (Å²) in [6.45, 7) is 5.79. The second-order valence-corrected chi connectivity index (χ2v) is 7.93. The Labute approximate surface area is 179 Å². The summed E-state index contributed by atoms with van der Waals surface area (Å²) >= 11 is 3.48. The van der Waals surface area contributed by atoms with Gasteiger partial charge in [0.15, 0.2) is 6.61 Å². The highest BCUT2D eigenvalue weighted by atomic mass is 79.9. The quantitative estimate of drug-likeness (QED) is 0.634. The lowest BCUT2D eigenvalue weighted by atomic mass is 10.0. The summed E-state index contributed by atoms with van der Waals surface area (Å²) < 4.78 is 19.6. The van der Waals surface area contributed by atoms with Gasteiger partial charge in [-0.05, 0) is 64.2 Å². The van der Waals surface area contributed by atoms with E-state index in [2.05, 4.69) is 35.1 Å². The molecule has 2 rings (SSSR count). The van der Waals surface area contributed by atoms with Gasteiger partial charge in [0.2, 0.25) is 5.91 Å². The molecule has 0 spiro atoms. The van der Waals surface area contributed by atoms with E-state index in [1.165, 1.54) is 24.1 Å². The molecule has 0 bridgehead atoms. The zero-order valence-corrected chi connectivity index (χ0v) is 18.6. The van der Waals surface area contributed by atoms with Gasteiger partial charge in [-0.15, -0.1) is 0 Å². The lowest BCUT2D eigenvalue weighted by Gasteiger charge is -2.28. The zero-order chi connectivity index (χ0) is 21.6. The third-order valence-corrected chi connectivity index (χ3v) is 5.27. The second kappa shape index (κ2) is 10.4. The molecule has 29 heavy (non-hydrogen) atoms. The summed E-state index contributed by atoms with van der Waals surface area (Å²) in [5.41, 5.74) is 1.87. The van der Waals surface area contributed by atoms with Crippen LogP contribution in [-0.4, -0.2) is 36.4 Å². The highest BCUT2D eigenvalue weighted by Gasteiger charge is 2.26. The fourth-order valence-electron chi connectivity index (χ4n) is 2.79. The molecule has 5 nitrogen and oxygen atoms in total. The van der Waals surface area contributed by atoms with Crippen molar-refractivity contribution in [3.63, 3.8) is 0 Å². The topological polar surface area (TPSA) is 58.6 Å². The van der Waals surface area contributed by atoms with Crippen LogP contribution in [0.2, 0.25) is 0 Å². The van der Waals surface area contributed by atoms with E-state index in [-0.39, 0.29) is 30.8 Å². The number of carbonyl (C=O) groups is 2. The number of hydrogen-bond acceptors (Lipinski definition) is 3.